The van der Waals surface area contributed by atoms with E-state index in [9.17, 15) is 19.7 Å². The Morgan fingerprint density at radius 1 is 1.17 bits per heavy atom. The molecule has 0 bridgehead atoms. The number of urea groups is 1. The predicted octanol–water partition coefficient (Wildman–Crippen LogP) is 3.20. The quantitative estimate of drug-likeness (QED) is 0.438. The second-order valence-corrected chi connectivity index (χ2v) is 6.42. The first-order valence-electron chi connectivity index (χ1n) is 8.34. The lowest BCUT2D eigenvalue weighted by molar-refractivity contribution is -0.384. The second-order valence-electron chi connectivity index (χ2n) is 6.01. The lowest BCUT2D eigenvalue weighted by Gasteiger charge is -2.29. The molecule has 0 saturated carbocycles. The molecule has 2 aromatic rings. The highest BCUT2D eigenvalue weighted by molar-refractivity contribution is 6.32. The zero-order valence-corrected chi connectivity index (χ0v) is 16.1. The van der Waals surface area contributed by atoms with Crippen LogP contribution in [0.2, 0.25) is 5.02 Å². The average molecular weight is 418 g/mol. The molecule has 2 amide bonds. The first-order chi connectivity index (χ1) is 13.8. The molecule has 1 atom stereocenters. The first-order valence-corrected chi connectivity index (χ1v) is 8.71. The van der Waals surface area contributed by atoms with Gasteiger partial charge in [0.2, 0.25) is 0 Å². The Morgan fingerprint density at radius 2 is 1.86 bits per heavy atom. The summed E-state index contributed by atoms with van der Waals surface area (Å²) in [6.45, 7) is 0. The molecule has 9 nitrogen and oxygen atoms in total. The van der Waals surface area contributed by atoms with Crippen LogP contribution in [0.5, 0.6) is 5.75 Å². The van der Waals surface area contributed by atoms with Crippen LogP contribution in [-0.4, -0.2) is 31.1 Å². The maximum Gasteiger partial charge on any atom is 0.338 e. The van der Waals surface area contributed by atoms with Crippen molar-refractivity contribution in [3.8, 4) is 5.75 Å². The van der Waals surface area contributed by atoms with Gasteiger partial charge in [-0.05, 0) is 41.5 Å². The topological polar surface area (TPSA) is 120 Å². The summed E-state index contributed by atoms with van der Waals surface area (Å²) in [7, 11) is 2.72. The van der Waals surface area contributed by atoms with E-state index in [2.05, 4.69) is 10.6 Å². The van der Waals surface area contributed by atoms with Crippen molar-refractivity contribution in [3.63, 3.8) is 0 Å². The molecule has 1 heterocycles. The third-order valence-corrected chi connectivity index (χ3v) is 4.68. The molecule has 1 aliphatic rings. The Balaban J connectivity index is 2.19. The van der Waals surface area contributed by atoms with Gasteiger partial charge >= 0.3 is 12.0 Å². The van der Waals surface area contributed by atoms with Gasteiger partial charge < -0.3 is 20.1 Å². The number of nitro groups is 1. The fraction of sp³-hybridized carbons (Fsp3) is 0.158. The molecule has 0 spiro atoms. The van der Waals surface area contributed by atoms with Crippen LogP contribution in [0.3, 0.4) is 0 Å². The monoisotopic (exact) mass is 417 g/mol. The SMILES string of the molecule is COC(=O)C1=C(c2ccc(OC)cc2)NC(=O)NC1c1ccc(Cl)c([N+](=O)[O-])c1. The molecule has 0 saturated heterocycles. The van der Waals surface area contributed by atoms with Crippen molar-refractivity contribution in [2.24, 2.45) is 0 Å². The number of esters is 1. The minimum atomic E-state index is -0.982. The van der Waals surface area contributed by atoms with Crippen molar-refractivity contribution in [2.75, 3.05) is 14.2 Å². The summed E-state index contributed by atoms with van der Waals surface area (Å²) < 4.78 is 10.0. The van der Waals surface area contributed by atoms with Gasteiger partial charge in [0, 0.05) is 6.07 Å². The fourth-order valence-corrected chi connectivity index (χ4v) is 3.17. The van der Waals surface area contributed by atoms with Gasteiger partial charge in [0.1, 0.15) is 10.8 Å². The number of hydrogen-bond donors (Lipinski definition) is 2. The summed E-state index contributed by atoms with van der Waals surface area (Å²) in [5, 5.41) is 16.4. The minimum absolute atomic E-state index is 0.0574. The van der Waals surface area contributed by atoms with Gasteiger partial charge in [0.05, 0.1) is 36.5 Å². The van der Waals surface area contributed by atoms with E-state index in [4.69, 9.17) is 21.1 Å². The molecular formula is C19H16ClN3O6. The van der Waals surface area contributed by atoms with Gasteiger partial charge in [-0.3, -0.25) is 10.1 Å². The first kappa shape index (κ1) is 20.2. The van der Waals surface area contributed by atoms with Crippen molar-refractivity contribution in [1.29, 1.82) is 0 Å². The Labute approximate surface area is 170 Å². The highest BCUT2D eigenvalue weighted by Crippen LogP contribution is 2.35. The van der Waals surface area contributed by atoms with Crippen LogP contribution in [0.1, 0.15) is 17.2 Å². The molecule has 150 valence electrons. The van der Waals surface area contributed by atoms with Crippen LogP contribution in [0, 0.1) is 10.1 Å². The van der Waals surface area contributed by atoms with E-state index in [0.29, 0.717) is 16.9 Å². The summed E-state index contributed by atoms with van der Waals surface area (Å²) in [6, 6.07) is 9.18. The summed E-state index contributed by atoms with van der Waals surface area (Å²) in [5.74, 6) is -0.106. The Morgan fingerprint density at radius 3 is 2.45 bits per heavy atom. The number of carbonyl (C=O) groups is 2. The van der Waals surface area contributed by atoms with E-state index in [1.807, 2.05) is 0 Å². The summed E-state index contributed by atoms with van der Waals surface area (Å²) in [4.78, 5) is 35.5. The van der Waals surface area contributed by atoms with Crippen LogP contribution >= 0.6 is 11.6 Å². The van der Waals surface area contributed by atoms with Crippen LogP contribution in [0.25, 0.3) is 5.70 Å². The predicted molar refractivity (Wildman–Crippen MR) is 104 cm³/mol. The van der Waals surface area contributed by atoms with Crippen molar-refractivity contribution in [3.05, 3.63) is 74.3 Å². The van der Waals surface area contributed by atoms with Gasteiger partial charge in [-0.15, -0.1) is 0 Å². The molecule has 1 aliphatic heterocycles. The van der Waals surface area contributed by atoms with Crippen molar-refractivity contribution < 1.29 is 24.0 Å². The number of methoxy groups -OCH3 is 2. The molecule has 29 heavy (non-hydrogen) atoms. The highest BCUT2D eigenvalue weighted by atomic mass is 35.5. The van der Waals surface area contributed by atoms with Gasteiger partial charge in [0.25, 0.3) is 5.69 Å². The van der Waals surface area contributed by atoms with E-state index in [0.717, 1.165) is 0 Å². The van der Waals surface area contributed by atoms with E-state index >= 15 is 0 Å². The number of amides is 2. The van der Waals surface area contributed by atoms with Crippen LogP contribution in [0.4, 0.5) is 10.5 Å². The average Bonchev–Trinajstić information content (AvgIpc) is 2.72. The minimum Gasteiger partial charge on any atom is -0.497 e. The van der Waals surface area contributed by atoms with Crippen molar-refractivity contribution >= 4 is 35.0 Å². The zero-order chi connectivity index (χ0) is 21.1. The second kappa shape index (κ2) is 8.19. The van der Waals surface area contributed by atoms with E-state index in [-0.39, 0.29) is 22.0 Å². The largest absolute Gasteiger partial charge is 0.497 e. The van der Waals surface area contributed by atoms with Crippen molar-refractivity contribution in [1.82, 2.24) is 10.6 Å². The Bertz CT molecular complexity index is 1020. The van der Waals surface area contributed by atoms with Crippen LogP contribution in [-0.2, 0) is 9.53 Å². The van der Waals surface area contributed by atoms with Gasteiger partial charge in [0.15, 0.2) is 0 Å². The maximum atomic E-state index is 12.6. The molecule has 2 N–H and O–H groups in total. The number of nitrogens with zero attached hydrogens (tertiary/aromatic N) is 1. The number of ether oxygens (including phenoxy) is 2. The zero-order valence-electron chi connectivity index (χ0n) is 15.4. The fourth-order valence-electron chi connectivity index (χ4n) is 2.98. The Kier molecular flexibility index (Phi) is 5.69. The lowest BCUT2D eigenvalue weighted by atomic mass is 9.92. The molecule has 0 radical (unpaired) electrons. The van der Waals surface area contributed by atoms with E-state index in [1.54, 1.807) is 24.3 Å². The molecule has 0 aromatic heterocycles. The number of benzene rings is 2. The standard InChI is InChI=1S/C19H16ClN3O6/c1-28-12-6-3-10(4-7-12)16-15(18(24)29-2)17(22-19(25)21-16)11-5-8-13(20)14(9-11)23(26)27/h3-9,17H,1-2H3,(H2,21,22,25). The molecule has 1 unspecified atom stereocenters. The van der Waals surface area contributed by atoms with Crippen LogP contribution in [0.15, 0.2) is 48.0 Å². The summed E-state index contributed by atoms with van der Waals surface area (Å²) in [6.07, 6.45) is 0. The van der Waals surface area contributed by atoms with Gasteiger partial charge in [-0.1, -0.05) is 17.7 Å². The number of nitrogens with one attached hydrogen (secondary N) is 2. The molecule has 0 aliphatic carbocycles. The molecule has 2 aromatic carbocycles. The summed E-state index contributed by atoms with van der Waals surface area (Å²) >= 11 is 5.88. The van der Waals surface area contributed by atoms with Crippen LogP contribution < -0.4 is 15.4 Å². The third kappa shape index (κ3) is 3.99. The van der Waals surface area contributed by atoms with E-state index < -0.39 is 23.0 Å². The van der Waals surface area contributed by atoms with Gasteiger partial charge in [-0.2, -0.15) is 0 Å². The smallest absolute Gasteiger partial charge is 0.338 e. The molecule has 0 fully saturated rings. The number of nitro benzene ring substituents is 1. The Hall–Kier alpha value is -3.59. The third-order valence-electron chi connectivity index (χ3n) is 4.36. The van der Waals surface area contributed by atoms with Gasteiger partial charge in [-0.25, -0.2) is 9.59 Å². The lowest BCUT2D eigenvalue weighted by Crippen LogP contribution is -2.45. The number of carbonyl (C=O) groups excluding carboxylic acids is 2. The molecule has 10 heteroatoms. The summed E-state index contributed by atoms with van der Waals surface area (Å²) in [5.41, 5.74) is 0.823. The number of rotatable bonds is 5. The molecular weight excluding hydrogens is 402 g/mol. The molecule has 3 rings (SSSR count). The highest BCUT2D eigenvalue weighted by Gasteiger charge is 2.35. The number of halogens is 1. The maximum absolute atomic E-state index is 12.6. The van der Waals surface area contributed by atoms with Crippen molar-refractivity contribution in [2.45, 2.75) is 6.04 Å². The number of hydrogen-bond acceptors (Lipinski definition) is 6. The normalized spacial score (nSPS) is 16.0. The van der Waals surface area contributed by atoms with E-state index in [1.165, 1.54) is 32.4 Å².